The zero-order chi connectivity index (χ0) is 16.3. The topological polar surface area (TPSA) is 74.8 Å². The smallest absolute Gasteiger partial charge is 0.407 e. The molecule has 6 heteroatoms. The summed E-state index contributed by atoms with van der Waals surface area (Å²) < 4.78 is 5.25. The average molecular weight is 300 g/mol. The highest BCUT2D eigenvalue weighted by atomic mass is 16.6. The maximum absolute atomic E-state index is 11.7. The fourth-order valence-corrected chi connectivity index (χ4v) is 1.75. The molecule has 1 unspecified atom stereocenters. The molecule has 0 aliphatic heterocycles. The molecule has 1 atom stereocenters. The van der Waals surface area contributed by atoms with Gasteiger partial charge < -0.3 is 20.7 Å². The van der Waals surface area contributed by atoms with Gasteiger partial charge in [0.15, 0.2) is 5.96 Å². The molecule has 0 radical (unpaired) electrons. The van der Waals surface area contributed by atoms with Crippen molar-refractivity contribution in [2.75, 3.05) is 20.1 Å². The van der Waals surface area contributed by atoms with E-state index in [1.807, 2.05) is 27.7 Å². The largest absolute Gasteiger partial charge is 0.444 e. The lowest BCUT2D eigenvalue weighted by Gasteiger charge is -2.24. The molecule has 0 heterocycles. The molecule has 0 spiro atoms. The minimum atomic E-state index is -0.476. The first kappa shape index (κ1) is 19.5. The Morgan fingerprint density at radius 3 is 2.38 bits per heavy atom. The van der Waals surface area contributed by atoms with Crippen LogP contribution in [0.15, 0.2) is 4.99 Å². The van der Waals surface area contributed by atoms with Gasteiger partial charge in [-0.1, -0.05) is 19.8 Å². The number of rotatable bonds is 7. The quantitative estimate of drug-likeness (QED) is 0.498. The van der Waals surface area contributed by atoms with E-state index in [1.165, 1.54) is 0 Å². The number of carbonyl (C=O) groups excluding carboxylic acids is 1. The van der Waals surface area contributed by atoms with E-state index in [-0.39, 0.29) is 12.1 Å². The van der Waals surface area contributed by atoms with Gasteiger partial charge in [0.2, 0.25) is 0 Å². The lowest BCUT2D eigenvalue weighted by Crippen LogP contribution is -2.48. The number of unbranched alkanes of at least 4 members (excludes halogenated alkanes) is 1. The van der Waals surface area contributed by atoms with Crippen molar-refractivity contribution in [2.45, 2.75) is 65.5 Å². The van der Waals surface area contributed by atoms with Crippen molar-refractivity contribution in [2.24, 2.45) is 4.99 Å². The van der Waals surface area contributed by atoms with Crippen LogP contribution >= 0.6 is 0 Å². The highest BCUT2D eigenvalue weighted by molar-refractivity contribution is 5.80. The highest BCUT2D eigenvalue weighted by Crippen LogP contribution is 2.06. The first-order valence-electron chi connectivity index (χ1n) is 7.76. The number of ether oxygens (including phenoxy) is 1. The number of amides is 1. The van der Waals surface area contributed by atoms with Crippen molar-refractivity contribution in [1.82, 2.24) is 16.0 Å². The van der Waals surface area contributed by atoms with Gasteiger partial charge in [-0.15, -0.1) is 0 Å². The Morgan fingerprint density at radius 2 is 1.90 bits per heavy atom. The molecule has 0 fully saturated rings. The van der Waals surface area contributed by atoms with Crippen LogP contribution in [0.5, 0.6) is 0 Å². The summed E-state index contributed by atoms with van der Waals surface area (Å²) in [5.74, 6) is 0.754. The minimum Gasteiger partial charge on any atom is -0.444 e. The predicted molar refractivity (Wildman–Crippen MR) is 87.7 cm³/mol. The number of hydrogen-bond acceptors (Lipinski definition) is 3. The number of guanidine groups is 1. The van der Waals surface area contributed by atoms with E-state index in [9.17, 15) is 4.79 Å². The number of aliphatic imine (C=N–C) groups is 1. The van der Waals surface area contributed by atoms with E-state index in [2.05, 4.69) is 27.9 Å². The number of hydrogen-bond donors (Lipinski definition) is 3. The summed E-state index contributed by atoms with van der Waals surface area (Å²) in [5, 5.41) is 9.30. The van der Waals surface area contributed by atoms with Crippen LogP contribution in [0, 0.1) is 0 Å². The number of carbonyl (C=O) groups is 1. The SMILES string of the molecule is CCCCC(CNC(=O)OC(C)(C)C)NC(=NC)NCC. The number of nitrogens with one attached hydrogen (secondary N) is 3. The summed E-state index contributed by atoms with van der Waals surface area (Å²) in [6.07, 6.45) is 2.79. The van der Waals surface area contributed by atoms with Gasteiger partial charge in [0.05, 0.1) is 0 Å². The van der Waals surface area contributed by atoms with Crippen molar-refractivity contribution in [1.29, 1.82) is 0 Å². The summed E-state index contributed by atoms with van der Waals surface area (Å²) >= 11 is 0. The summed E-state index contributed by atoms with van der Waals surface area (Å²) in [6.45, 7) is 11.1. The van der Waals surface area contributed by atoms with Crippen molar-refractivity contribution in [3.05, 3.63) is 0 Å². The van der Waals surface area contributed by atoms with Crippen molar-refractivity contribution < 1.29 is 9.53 Å². The lowest BCUT2D eigenvalue weighted by molar-refractivity contribution is 0.0523. The van der Waals surface area contributed by atoms with Gasteiger partial charge in [0, 0.05) is 26.2 Å². The first-order chi connectivity index (χ1) is 9.82. The Labute approximate surface area is 129 Å². The van der Waals surface area contributed by atoms with Crippen LogP contribution in [0.3, 0.4) is 0 Å². The number of alkyl carbamates (subject to hydrolysis) is 1. The summed E-state index contributed by atoms with van der Waals surface area (Å²) in [7, 11) is 1.74. The zero-order valence-corrected chi connectivity index (χ0v) is 14.4. The van der Waals surface area contributed by atoms with Gasteiger partial charge in [0.1, 0.15) is 5.60 Å². The Hall–Kier alpha value is -1.46. The van der Waals surface area contributed by atoms with Crippen LogP contribution in [-0.2, 0) is 4.74 Å². The maximum atomic E-state index is 11.7. The standard InChI is InChI=1S/C15H32N4O2/c1-7-9-10-12(19-13(16-6)17-8-2)11-18-14(20)21-15(3,4)5/h12H,7-11H2,1-6H3,(H,18,20)(H2,16,17,19). The molecule has 0 aromatic carbocycles. The summed E-state index contributed by atoms with van der Waals surface area (Å²) in [4.78, 5) is 15.9. The Morgan fingerprint density at radius 1 is 1.24 bits per heavy atom. The average Bonchev–Trinajstić information content (AvgIpc) is 2.38. The summed E-state index contributed by atoms with van der Waals surface area (Å²) in [6, 6.07) is 0.134. The first-order valence-corrected chi connectivity index (χ1v) is 7.76. The van der Waals surface area contributed by atoms with E-state index < -0.39 is 5.60 Å². The van der Waals surface area contributed by atoms with Gasteiger partial charge in [-0.05, 0) is 34.1 Å². The van der Waals surface area contributed by atoms with Gasteiger partial charge >= 0.3 is 6.09 Å². The second kappa shape index (κ2) is 10.3. The third-order valence-electron chi connectivity index (χ3n) is 2.71. The van der Waals surface area contributed by atoms with Gasteiger partial charge in [-0.25, -0.2) is 4.79 Å². The zero-order valence-electron chi connectivity index (χ0n) is 14.4. The van der Waals surface area contributed by atoms with E-state index in [4.69, 9.17) is 4.74 Å². The van der Waals surface area contributed by atoms with Gasteiger partial charge in [0.25, 0.3) is 0 Å². The molecule has 124 valence electrons. The van der Waals surface area contributed by atoms with Gasteiger partial charge in [-0.2, -0.15) is 0 Å². The molecule has 0 saturated heterocycles. The molecule has 0 saturated carbocycles. The van der Waals surface area contributed by atoms with Crippen LogP contribution in [0.1, 0.15) is 53.9 Å². The molecule has 0 aromatic heterocycles. The van der Waals surface area contributed by atoms with E-state index >= 15 is 0 Å². The summed E-state index contributed by atoms with van der Waals surface area (Å²) in [5.41, 5.74) is -0.476. The molecule has 0 aliphatic carbocycles. The Bertz CT molecular complexity index is 324. The molecule has 0 aliphatic rings. The molecule has 0 aromatic rings. The molecular formula is C15H32N4O2. The van der Waals surface area contributed by atoms with Gasteiger partial charge in [-0.3, -0.25) is 4.99 Å². The van der Waals surface area contributed by atoms with E-state index in [1.54, 1.807) is 7.05 Å². The monoisotopic (exact) mass is 300 g/mol. The fourth-order valence-electron chi connectivity index (χ4n) is 1.75. The fraction of sp³-hybridized carbons (Fsp3) is 0.867. The molecule has 6 nitrogen and oxygen atoms in total. The Kier molecular flexibility index (Phi) is 9.58. The van der Waals surface area contributed by atoms with Crippen LogP contribution in [0.25, 0.3) is 0 Å². The molecule has 21 heavy (non-hydrogen) atoms. The third kappa shape index (κ3) is 10.9. The van der Waals surface area contributed by atoms with E-state index in [0.29, 0.717) is 6.54 Å². The number of nitrogens with zero attached hydrogens (tertiary/aromatic N) is 1. The normalized spacial score (nSPS) is 13.5. The maximum Gasteiger partial charge on any atom is 0.407 e. The van der Waals surface area contributed by atoms with Crippen LogP contribution in [0.4, 0.5) is 4.79 Å². The molecular weight excluding hydrogens is 268 g/mol. The predicted octanol–water partition coefficient (Wildman–Crippen LogP) is 2.25. The molecule has 0 bridgehead atoms. The highest BCUT2D eigenvalue weighted by Gasteiger charge is 2.17. The van der Waals surface area contributed by atoms with E-state index in [0.717, 1.165) is 31.8 Å². The Balaban J connectivity index is 4.38. The van der Waals surface area contributed by atoms with Crippen molar-refractivity contribution in [3.8, 4) is 0 Å². The van der Waals surface area contributed by atoms with Crippen molar-refractivity contribution >= 4 is 12.1 Å². The van der Waals surface area contributed by atoms with Crippen molar-refractivity contribution in [3.63, 3.8) is 0 Å². The second-order valence-corrected chi connectivity index (χ2v) is 5.97. The lowest BCUT2D eigenvalue weighted by atomic mass is 10.1. The van der Waals surface area contributed by atoms with Crippen LogP contribution in [-0.4, -0.2) is 43.8 Å². The van der Waals surface area contributed by atoms with Crippen LogP contribution < -0.4 is 16.0 Å². The molecule has 0 rings (SSSR count). The molecule has 1 amide bonds. The minimum absolute atomic E-state index is 0.134. The van der Waals surface area contributed by atoms with Crippen LogP contribution in [0.2, 0.25) is 0 Å². The molecule has 3 N–H and O–H groups in total. The second-order valence-electron chi connectivity index (χ2n) is 5.97. The third-order valence-corrected chi connectivity index (χ3v) is 2.71.